The minimum Gasteiger partial charge on any atom is -0.335 e. The Morgan fingerprint density at radius 1 is 1.17 bits per heavy atom. The number of carbonyl (C=O) groups excluding carboxylic acids is 1. The number of hydrogen-bond donors (Lipinski definition) is 0. The molecular weight excluding hydrogens is 336 g/mol. The zero-order valence-electron chi connectivity index (χ0n) is 13.0. The first kappa shape index (κ1) is 16.2. The van der Waals surface area contributed by atoms with Crippen molar-refractivity contribution in [1.29, 1.82) is 0 Å². The summed E-state index contributed by atoms with van der Waals surface area (Å²) in [5.74, 6) is -0.0773. The summed E-state index contributed by atoms with van der Waals surface area (Å²) in [6, 6.07) is 3.81. The molecule has 2 aromatic heterocycles. The number of aryl methyl sites for hydroxylation is 1. The van der Waals surface area contributed by atoms with E-state index >= 15 is 0 Å². The van der Waals surface area contributed by atoms with Gasteiger partial charge in [0.2, 0.25) is 10.0 Å². The minimum absolute atomic E-state index is 0.0773. The molecule has 0 saturated carbocycles. The van der Waals surface area contributed by atoms with Gasteiger partial charge >= 0.3 is 0 Å². The number of piperazine rings is 1. The lowest BCUT2D eigenvalue weighted by atomic mass is 10.3. The van der Waals surface area contributed by atoms with Crippen LogP contribution < -0.4 is 0 Å². The highest BCUT2D eigenvalue weighted by Crippen LogP contribution is 2.24. The molecule has 1 fully saturated rings. The predicted molar refractivity (Wildman–Crippen MR) is 88.5 cm³/mol. The molecule has 0 N–H and O–H groups in total. The maximum Gasteiger partial charge on any atom is 0.266 e. The van der Waals surface area contributed by atoms with Crippen LogP contribution in [-0.4, -0.2) is 65.5 Å². The number of nitrogens with zero attached hydrogens (tertiary/aromatic N) is 4. The summed E-state index contributed by atoms with van der Waals surface area (Å²) in [7, 11) is -3.19. The van der Waals surface area contributed by atoms with Crippen molar-refractivity contribution in [3.63, 3.8) is 0 Å². The van der Waals surface area contributed by atoms with Crippen LogP contribution in [0, 0.1) is 6.92 Å². The van der Waals surface area contributed by atoms with E-state index in [0.29, 0.717) is 36.8 Å². The van der Waals surface area contributed by atoms with E-state index in [1.807, 2.05) is 36.0 Å². The fourth-order valence-electron chi connectivity index (χ4n) is 2.52. The normalized spacial score (nSPS) is 16.7. The Labute approximate surface area is 139 Å². The van der Waals surface area contributed by atoms with Gasteiger partial charge in [0.25, 0.3) is 5.91 Å². The summed E-state index contributed by atoms with van der Waals surface area (Å²) in [5.41, 5.74) is 0.703. The number of rotatable bonds is 3. The molecule has 1 aliphatic heterocycles. The molecule has 7 nitrogen and oxygen atoms in total. The highest BCUT2D eigenvalue weighted by molar-refractivity contribution is 7.88. The van der Waals surface area contributed by atoms with Gasteiger partial charge in [-0.1, -0.05) is 11.3 Å². The number of aromatic nitrogens is 2. The summed E-state index contributed by atoms with van der Waals surface area (Å²) in [4.78, 5) is 19.4. The highest BCUT2D eigenvalue weighted by atomic mass is 32.2. The lowest BCUT2D eigenvalue weighted by molar-refractivity contribution is 0.0702. The van der Waals surface area contributed by atoms with Crippen molar-refractivity contribution in [3.05, 3.63) is 35.1 Å². The fourth-order valence-corrected chi connectivity index (χ4v) is 4.35. The molecule has 0 bridgehead atoms. The highest BCUT2D eigenvalue weighted by Gasteiger charge is 2.28. The van der Waals surface area contributed by atoms with Crippen molar-refractivity contribution in [2.75, 3.05) is 32.4 Å². The maximum absolute atomic E-state index is 12.7. The lowest BCUT2D eigenvalue weighted by Crippen LogP contribution is -2.50. The lowest BCUT2D eigenvalue weighted by Gasteiger charge is -2.33. The number of hydrogen-bond acceptors (Lipinski definition) is 5. The quantitative estimate of drug-likeness (QED) is 0.823. The van der Waals surface area contributed by atoms with Gasteiger partial charge in [-0.15, -0.1) is 0 Å². The first-order valence-corrected chi connectivity index (χ1v) is 9.88. The zero-order valence-corrected chi connectivity index (χ0v) is 14.6. The molecule has 0 atom stereocenters. The van der Waals surface area contributed by atoms with Crippen LogP contribution in [0.2, 0.25) is 0 Å². The van der Waals surface area contributed by atoms with E-state index in [1.54, 1.807) is 4.90 Å². The standard InChI is InChI=1S/C14H18N4O3S2/c1-11-12(22-14(15-11)17-5-3-4-6-17)13(19)16-7-9-18(10-8-16)23(2,20)21/h3-6H,7-10H2,1-2H3. The van der Waals surface area contributed by atoms with E-state index in [1.165, 1.54) is 21.9 Å². The molecule has 0 radical (unpaired) electrons. The molecule has 1 amide bonds. The molecule has 1 saturated heterocycles. The molecule has 124 valence electrons. The van der Waals surface area contributed by atoms with E-state index in [2.05, 4.69) is 4.98 Å². The van der Waals surface area contributed by atoms with Gasteiger partial charge in [-0.05, 0) is 19.1 Å². The van der Waals surface area contributed by atoms with Crippen LogP contribution in [0.3, 0.4) is 0 Å². The second kappa shape index (κ2) is 6.06. The van der Waals surface area contributed by atoms with Crippen molar-refractivity contribution in [3.8, 4) is 5.13 Å². The largest absolute Gasteiger partial charge is 0.335 e. The average Bonchev–Trinajstić information content (AvgIpc) is 3.15. The molecule has 2 aromatic rings. The molecule has 0 aliphatic carbocycles. The third-order valence-corrected chi connectivity index (χ3v) is 6.26. The van der Waals surface area contributed by atoms with Gasteiger partial charge in [-0.2, -0.15) is 4.31 Å². The Hall–Kier alpha value is -1.71. The van der Waals surface area contributed by atoms with Crippen molar-refractivity contribution in [2.24, 2.45) is 0 Å². The van der Waals surface area contributed by atoms with E-state index in [0.717, 1.165) is 5.13 Å². The van der Waals surface area contributed by atoms with E-state index < -0.39 is 10.0 Å². The summed E-state index contributed by atoms with van der Waals surface area (Å²) in [5, 5.41) is 0.755. The first-order valence-electron chi connectivity index (χ1n) is 7.21. The van der Waals surface area contributed by atoms with Crippen LogP contribution in [0.1, 0.15) is 15.4 Å². The van der Waals surface area contributed by atoms with Gasteiger partial charge in [0.15, 0.2) is 5.13 Å². The van der Waals surface area contributed by atoms with Gasteiger partial charge in [0.05, 0.1) is 11.9 Å². The van der Waals surface area contributed by atoms with Gasteiger partial charge < -0.3 is 9.47 Å². The number of carbonyl (C=O) groups is 1. The van der Waals surface area contributed by atoms with E-state index in [-0.39, 0.29) is 5.91 Å². The number of amides is 1. The SMILES string of the molecule is Cc1nc(-n2cccc2)sc1C(=O)N1CCN(S(C)(=O)=O)CC1. The van der Waals surface area contributed by atoms with Crippen LogP contribution in [-0.2, 0) is 10.0 Å². The zero-order chi connectivity index (χ0) is 16.6. The second-order valence-electron chi connectivity index (χ2n) is 5.46. The second-order valence-corrected chi connectivity index (χ2v) is 8.42. The molecule has 0 aromatic carbocycles. The smallest absolute Gasteiger partial charge is 0.266 e. The Morgan fingerprint density at radius 2 is 1.78 bits per heavy atom. The monoisotopic (exact) mass is 354 g/mol. The van der Waals surface area contributed by atoms with E-state index in [4.69, 9.17) is 0 Å². The number of sulfonamides is 1. The van der Waals surface area contributed by atoms with Gasteiger partial charge in [0.1, 0.15) is 4.88 Å². The third-order valence-electron chi connectivity index (χ3n) is 3.80. The average molecular weight is 354 g/mol. The molecular formula is C14H18N4O3S2. The molecule has 23 heavy (non-hydrogen) atoms. The van der Waals surface area contributed by atoms with Crippen LogP contribution in [0.15, 0.2) is 24.5 Å². The van der Waals surface area contributed by atoms with E-state index in [9.17, 15) is 13.2 Å². The molecule has 3 heterocycles. The van der Waals surface area contributed by atoms with Crippen molar-refractivity contribution < 1.29 is 13.2 Å². The summed E-state index contributed by atoms with van der Waals surface area (Å²) >= 11 is 1.35. The van der Waals surface area contributed by atoms with Crippen LogP contribution >= 0.6 is 11.3 Å². The molecule has 0 spiro atoms. The Kier molecular flexibility index (Phi) is 4.26. The Morgan fingerprint density at radius 3 is 2.35 bits per heavy atom. The molecule has 1 aliphatic rings. The van der Waals surface area contributed by atoms with Gasteiger partial charge in [-0.25, -0.2) is 13.4 Å². The van der Waals surface area contributed by atoms with Gasteiger partial charge in [0, 0.05) is 38.6 Å². The summed E-state index contributed by atoms with van der Waals surface area (Å²) in [6.07, 6.45) is 4.97. The minimum atomic E-state index is -3.19. The summed E-state index contributed by atoms with van der Waals surface area (Å²) < 4.78 is 26.3. The van der Waals surface area contributed by atoms with Crippen LogP contribution in [0.4, 0.5) is 0 Å². The van der Waals surface area contributed by atoms with Crippen molar-refractivity contribution >= 4 is 27.3 Å². The number of thiazole rings is 1. The Bertz CT molecular complexity index is 803. The first-order chi connectivity index (χ1) is 10.9. The Balaban J connectivity index is 1.75. The predicted octanol–water partition coefficient (Wildman–Crippen LogP) is 0.960. The maximum atomic E-state index is 12.7. The third kappa shape index (κ3) is 3.31. The topological polar surface area (TPSA) is 75.5 Å². The molecule has 9 heteroatoms. The molecule has 3 rings (SSSR count). The van der Waals surface area contributed by atoms with Crippen molar-refractivity contribution in [2.45, 2.75) is 6.92 Å². The van der Waals surface area contributed by atoms with Crippen molar-refractivity contribution in [1.82, 2.24) is 18.8 Å². The molecule has 0 unspecified atom stereocenters. The summed E-state index contributed by atoms with van der Waals surface area (Å²) in [6.45, 7) is 3.31. The van der Waals surface area contributed by atoms with Gasteiger partial charge in [-0.3, -0.25) is 4.79 Å². The van der Waals surface area contributed by atoms with Crippen LogP contribution in [0.25, 0.3) is 5.13 Å². The van der Waals surface area contributed by atoms with Crippen LogP contribution in [0.5, 0.6) is 0 Å². The fraction of sp³-hybridized carbons (Fsp3) is 0.429.